The highest BCUT2D eigenvalue weighted by Crippen LogP contribution is 2.54. The van der Waals surface area contributed by atoms with Gasteiger partial charge in [0.05, 0.1) is 12.6 Å². The van der Waals surface area contributed by atoms with E-state index in [4.69, 9.17) is 0 Å². The first kappa shape index (κ1) is 20.7. The molecule has 0 atom stereocenters. The Hall–Kier alpha value is -2.70. The molecule has 1 N–H and O–H groups in total. The summed E-state index contributed by atoms with van der Waals surface area (Å²) in [5.41, 5.74) is 0.313. The molecule has 0 unspecified atom stereocenters. The van der Waals surface area contributed by atoms with E-state index in [2.05, 4.69) is 25.3 Å². The number of carbonyl (C=O) groups excluding carboxylic acids is 1. The van der Waals surface area contributed by atoms with Crippen molar-refractivity contribution in [3.05, 3.63) is 23.8 Å². The fraction of sp³-hybridized carbons (Fsp3) is 0.762. The summed E-state index contributed by atoms with van der Waals surface area (Å²) < 4.78 is 39.9. The Morgan fingerprint density at radius 2 is 1.74 bits per heavy atom. The molecule has 182 valence electrons. The van der Waals surface area contributed by atoms with Crippen LogP contribution in [0.1, 0.15) is 55.1 Å². The quantitative estimate of drug-likeness (QED) is 0.722. The van der Waals surface area contributed by atoms with E-state index in [1.807, 2.05) is 25.7 Å². The van der Waals surface area contributed by atoms with Crippen molar-refractivity contribution in [2.45, 2.75) is 50.4 Å². The number of aromatic amines is 1. The zero-order valence-electron chi connectivity index (χ0n) is 18.6. The normalized spacial score (nSPS) is 25.7. The van der Waals surface area contributed by atoms with Crippen LogP contribution in [0.25, 0.3) is 0 Å². The van der Waals surface area contributed by atoms with Crippen LogP contribution in [0.3, 0.4) is 0 Å². The van der Waals surface area contributed by atoms with Gasteiger partial charge in [-0.3, -0.25) is 10.00 Å². The molecule has 2 aromatic heterocycles. The largest absolute Gasteiger partial charge is 0.453 e. The van der Waals surface area contributed by atoms with Crippen LogP contribution in [0, 0.1) is 10.8 Å². The molecule has 5 heterocycles. The number of urea groups is 1. The van der Waals surface area contributed by atoms with Crippen molar-refractivity contribution in [1.29, 1.82) is 0 Å². The van der Waals surface area contributed by atoms with E-state index in [0.717, 1.165) is 44.8 Å². The molecule has 5 fully saturated rings. The van der Waals surface area contributed by atoms with Crippen molar-refractivity contribution < 1.29 is 18.0 Å². The second kappa shape index (κ2) is 6.70. The van der Waals surface area contributed by atoms with Gasteiger partial charge in [-0.15, -0.1) is 5.10 Å². The second-order valence-electron chi connectivity index (χ2n) is 11.2. The average molecular weight is 477 g/mol. The van der Waals surface area contributed by atoms with E-state index >= 15 is 0 Å². The van der Waals surface area contributed by atoms with Crippen molar-refractivity contribution in [3.63, 3.8) is 0 Å². The summed E-state index contributed by atoms with van der Waals surface area (Å²) in [7, 11) is 0. The predicted octanol–water partition coefficient (Wildman–Crippen LogP) is 1.87. The number of halogens is 3. The molecule has 2 saturated carbocycles. The van der Waals surface area contributed by atoms with Gasteiger partial charge in [0.2, 0.25) is 0 Å². The molecule has 2 aromatic rings. The van der Waals surface area contributed by atoms with Gasteiger partial charge in [0, 0.05) is 56.0 Å². The molecule has 13 heteroatoms. The number of amides is 2. The highest BCUT2D eigenvalue weighted by molar-refractivity contribution is 5.77. The highest BCUT2D eigenvalue weighted by Gasteiger charge is 2.58. The lowest BCUT2D eigenvalue weighted by Crippen LogP contribution is -2.75. The standard InChI is InChI=1S/C21H26F3N9O/c22-21(23,24)17-26-15(27-28-17)5-30-6-20(7-30)10-32(11-20)18(34)31-8-19(9-31)3-14(4-19)33-12-25-16(29-33)13-1-2-13/h12-14H,1-11H2,(H,26,27,28). The first-order valence-corrected chi connectivity index (χ1v) is 11.9. The molecule has 0 bridgehead atoms. The number of aromatic nitrogens is 6. The Morgan fingerprint density at radius 3 is 2.35 bits per heavy atom. The lowest BCUT2D eigenvalue weighted by Gasteiger charge is -2.63. The molecule has 2 aliphatic carbocycles. The molecule has 7 rings (SSSR count). The number of carbonyl (C=O) groups is 1. The second-order valence-corrected chi connectivity index (χ2v) is 11.2. The minimum atomic E-state index is -4.54. The number of H-pyrrole nitrogens is 1. The lowest BCUT2D eigenvalue weighted by atomic mass is 9.60. The Kier molecular flexibility index (Phi) is 4.07. The molecule has 34 heavy (non-hydrogen) atoms. The molecule has 0 aromatic carbocycles. The maximum absolute atomic E-state index is 12.9. The summed E-state index contributed by atoms with van der Waals surface area (Å²) in [6.45, 7) is 4.87. The Labute approximate surface area is 193 Å². The van der Waals surface area contributed by atoms with Crippen molar-refractivity contribution in [2.24, 2.45) is 10.8 Å². The summed E-state index contributed by atoms with van der Waals surface area (Å²) in [6, 6.07) is 0.516. The smallest absolute Gasteiger partial charge is 0.323 e. The van der Waals surface area contributed by atoms with Gasteiger partial charge >= 0.3 is 12.2 Å². The van der Waals surface area contributed by atoms with Gasteiger partial charge < -0.3 is 9.80 Å². The van der Waals surface area contributed by atoms with E-state index in [1.54, 1.807) is 0 Å². The van der Waals surface area contributed by atoms with Crippen LogP contribution in [0.4, 0.5) is 18.0 Å². The van der Waals surface area contributed by atoms with Gasteiger partial charge in [-0.25, -0.2) is 19.4 Å². The summed E-state index contributed by atoms with van der Waals surface area (Å²) >= 11 is 0. The number of rotatable bonds is 4. The minimum Gasteiger partial charge on any atom is -0.323 e. The van der Waals surface area contributed by atoms with Crippen LogP contribution in [0.2, 0.25) is 0 Å². The lowest BCUT2D eigenvalue weighted by molar-refractivity contribution is -0.144. The van der Waals surface area contributed by atoms with Gasteiger partial charge in [0.25, 0.3) is 5.82 Å². The van der Waals surface area contributed by atoms with Crippen LogP contribution in [0.15, 0.2) is 6.33 Å². The molecule has 2 spiro atoms. The van der Waals surface area contributed by atoms with E-state index in [-0.39, 0.29) is 22.7 Å². The minimum absolute atomic E-state index is 0.0685. The van der Waals surface area contributed by atoms with Gasteiger partial charge in [0.1, 0.15) is 12.2 Å². The number of nitrogens with zero attached hydrogens (tertiary/aromatic N) is 8. The molecular weight excluding hydrogens is 451 g/mol. The topological polar surface area (TPSA) is 99.1 Å². The third-order valence-electron chi connectivity index (χ3n) is 8.10. The molecule has 10 nitrogen and oxygen atoms in total. The van der Waals surface area contributed by atoms with Crippen LogP contribution in [-0.4, -0.2) is 89.9 Å². The maximum Gasteiger partial charge on any atom is 0.453 e. The van der Waals surface area contributed by atoms with E-state index in [9.17, 15) is 18.0 Å². The summed E-state index contributed by atoms with van der Waals surface area (Å²) in [5, 5.41) is 10.3. The number of hydrogen-bond donors (Lipinski definition) is 1. The fourth-order valence-electron chi connectivity index (χ4n) is 6.29. The van der Waals surface area contributed by atoms with E-state index in [1.165, 1.54) is 12.8 Å². The molecule has 5 aliphatic rings. The van der Waals surface area contributed by atoms with Gasteiger partial charge in [0.15, 0.2) is 5.82 Å². The fourth-order valence-corrected chi connectivity index (χ4v) is 6.29. The Morgan fingerprint density at radius 1 is 1.06 bits per heavy atom. The third-order valence-corrected chi connectivity index (χ3v) is 8.10. The SMILES string of the molecule is O=C(N1CC2(CC(n3cnc(C4CC4)n3)C2)C1)N1CC2(CN(Cc3nc(C(F)(F)F)n[nH]3)C2)C1. The molecule has 2 amide bonds. The van der Waals surface area contributed by atoms with Crippen LogP contribution < -0.4 is 0 Å². The molecular formula is C21H26F3N9O. The zero-order valence-corrected chi connectivity index (χ0v) is 18.6. The first-order chi connectivity index (χ1) is 16.2. The molecule has 0 radical (unpaired) electrons. The first-order valence-electron chi connectivity index (χ1n) is 11.9. The predicted molar refractivity (Wildman–Crippen MR) is 110 cm³/mol. The molecule has 3 aliphatic heterocycles. The van der Waals surface area contributed by atoms with Crippen LogP contribution in [-0.2, 0) is 12.7 Å². The monoisotopic (exact) mass is 477 g/mol. The summed E-state index contributed by atoms with van der Waals surface area (Å²) in [5.74, 6) is 0.639. The maximum atomic E-state index is 12.9. The number of alkyl halides is 3. The van der Waals surface area contributed by atoms with E-state index in [0.29, 0.717) is 31.6 Å². The Bertz CT molecular complexity index is 1110. The van der Waals surface area contributed by atoms with Gasteiger partial charge in [-0.05, 0) is 25.7 Å². The third kappa shape index (κ3) is 3.30. The van der Waals surface area contributed by atoms with Crippen molar-refractivity contribution >= 4 is 6.03 Å². The average Bonchev–Trinajstić information content (AvgIpc) is 3.19. The van der Waals surface area contributed by atoms with Crippen LogP contribution in [0.5, 0.6) is 0 Å². The van der Waals surface area contributed by atoms with Crippen molar-refractivity contribution in [1.82, 2.24) is 44.6 Å². The number of hydrogen-bond acceptors (Lipinski definition) is 6. The zero-order chi connectivity index (χ0) is 23.3. The van der Waals surface area contributed by atoms with Gasteiger partial charge in [-0.2, -0.15) is 18.3 Å². The summed E-state index contributed by atoms with van der Waals surface area (Å²) in [4.78, 5) is 26.7. The number of nitrogens with one attached hydrogen (secondary N) is 1. The highest BCUT2D eigenvalue weighted by atomic mass is 19.4. The van der Waals surface area contributed by atoms with Gasteiger partial charge in [-0.1, -0.05) is 0 Å². The Balaban J connectivity index is 0.844. The number of likely N-dealkylation sites (tertiary alicyclic amines) is 3. The summed E-state index contributed by atoms with van der Waals surface area (Å²) in [6.07, 6.45) is 1.85. The van der Waals surface area contributed by atoms with Crippen molar-refractivity contribution in [2.75, 3.05) is 39.3 Å². The van der Waals surface area contributed by atoms with E-state index < -0.39 is 12.0 Å². The van der Waals surface area contributed by atoms with Crippen molar-refractivity contribution in [3.8, 4) is 0 Å². The van der Waals surface area contributed by atoms with Crippen LogP contribution >= 0.6 is 0 Å². The molecule has 3 saturated heterocycles.